The van der Waals surface area contributed by atoms with Crippen molar-refractivity contribution >= 4 is 23.6 Å². The van der Waals surface area contributed by atoms with Gasteiger partial charge in [-0.1, -0.05) is 29.8 Å². The summed E-state index contributed by atoms with van der Waals surface area (Å²) in [5.41, 5.74) is 2.35. The van der Waals surface area contributed by atoms with Gasteiger partial charge in [0.1, 0.15) is 11.6 Å². The molecule has 2 aromatic carbocycles. The Labute approximate surface area is 133 Å². The van der Waals surface area contributed by atoms with Gasteiger partial charge in [0.15, 0.2) is 0 Å². The van der Waals surface area contributed by atoms with Gasteiger partial charge in [0.05, 0.1) is 5.56 Å². The van der Waals surface area contributed by atoms with Crippen LogP contribution in [0.4, 0.5) is 5.69 Å². The molecule has 2 N–H and O–H groups in total. The molecule has 2 rings (SSSR count). The lowest BCUT2D eigenvalue weighted by molar-refractivity contribution is -0.112. The molecule has 0 bridgehead atoms. The fourth-order valence-corrected chi connectivity index (χ4v) is 1.87. The van der Waals surface area contributed by atoms with Crippen LogP contribution in [0.3, 0.4) is 0 Å². The van der Waals surface area contributed by atoms with E-state index in [2.05, 4.69) is 5.32 Å². The van der Waals surface area contributed by atoms with E-state index < -0.39 is 11.9 Å². The molecule has 5 heteroatoms. The number of anilines is 1. The van der Waals surface area contributed by atoms with Crippen LogP contribution in [-0.2, 0) is 4.79 Å². The van der Waals surface area contributed by atoms with Gasteiger partial charge in [-0.05, 0) is 42.8 Å². The monoisotopic (exact) mass is 306 g/mol. The molecule has 0 heterocycles. The van der Waals surface area contributed by atoms with Crippen molar-refractivity contribution in [1.29, 1.82) is 5.26 Å². The molecule has 0 spiro atoms. The predicted octanol–water partition coefficient (Wildman–Crippen LogP) is 3.24. The number of nitrogens with one attached hydrogen (secondary N) is 1. The van der Waals surface area contributed by atoms with Crippen molar-refractivity contribution in [3.63, 3.8) is 0 Å². The number of nitriles is 1. The first-order chi connectivity index (χ1) is 11.0. The van der Waals surface area contributed by atoms with Gasteiger partial charge in [-0.3, -0.25) is 4.79 Å². The van der Waals surface area contributed by atoms with Crippen molar-refractivity contribution in [3.05, 3.63) is 70.8 Å². The van der Waals surface area contributed by atoms with Gasteiger partial charge in [-0.25, -0.2) is 4.79 Å². The Morgan fingerprint density at radius 2 is 1.70 bits per heavy atom. The van der Waals surface area contributed by atoms with Crippen molar-refractivity contribution in [2.24, 2.45) is 0 Å². The van der Waals surface area contributed by atoms with Gasteiger partial charge >= 0.3 is 5.97 Å². The van der Waals surface area contributed by atoms with Gasteiger partial charge in [-0.2, -0.15) is 5.26 Å². The molecule has 0 atom stereocenters. The molecule has 0 aliphatic rings. The van der Waals surface area contributed by atoms with Crippen LogP contribution in [0.2, 0.25) is 0 Å². The van der Waals surface area contributed by atoms with E-state index in [0.29, 0.717) is 5.69 Å². The summed E-state index contributed by atoms with van der Waals surface area (Å²) in [4.78, 5) is 22.9. The number of carboxylic acids is 1. The van der Waals surface area contributed by atoms with E-state index >= 15 is 0 Å². The van der Waals surface area contributed by atoms with Crippen LogP contribution in [0.5, 0.6) is 0 Å². The first-order valence-electron chi connectivity index (χ1n) is 6.83. The maximum atomic E-state index is 12.1. The number of aryl methyl sites for hydroxylation is 1. The second-order valence-corrected chi connectivity index (χ2v) is 4.92. The first-order valence-corrected chi connectivity index (χ1v) is 6.83. The van der Waals surface area contributed by atoms with Crippen molar-refractivity contribution in [2.75, 3.05) is 5.32 Å². The standard InChI is InChI=1S/C18H14N2O3/c1-12-2-4-13(5-3-12)10-15(11-19)17(21)20-16-8-6-14(7-9-16)18(22)23/h2-10H,1H3,(H,20,21)(H,22,23)/b15-10+. The van der Waals surface area contributed by atoms with Crippen LogP contribution in [0.15, 0.2) is 54.1 Å². The number of nitrogens with zero attached hydrogens (tertiary/aromatic N) is 1. The molecule has 0 saturated heterocycles. The molecule has 2 aromatic rings. The van der Waals surface area contributed by atoms with E-state index in [0.717, 1.165) is 11.1 Å². The maximum Gasteiger partial charge on any atom is 0.335 e. The molecule has 23 heavy (non-hydrogen) atoms. The highest BCUT2D eigenvalue weighted by atomic mass is 16.4. The number of benzene rings is 2. The van der Waals surface area contributed by atoms with Crippen LogP contribution >= 0.6 is 0 Å². The summed E-state index contributed by atoms with van der Waals surface area (Å²) >= 11 is 0. The Hall–Kier alpha value is -3.39. The number of carbonyl (C=O) groups excluding carboxylic acids is 1. The van der Waals surface area contributed by atoms with Crippen LogP contribution in [0.25, 0.3) is 6.08 Å². The smallest absolute Gasteiger partial charge is 0.335 e. The van der Waals surface area contributed by atoms with Crippen molar-refractivity contribution in [2.45, 2.75) is 6.92 Å². The van der Waals surface area contributed by atoms with E-state index in [1.807, 2.05) is 37.3 Å². The number of rotatable bonds is 4. The number of hydrogen-bond acceptors (Lipinski definition) is 3. The SMILES string of the molecule is Cc1ccc(/C=C(\C#N)C(=O)Nc2ccc(C(=O)O)cc2)cc1. The molecule has 114 valence electrons. The number of carboxylic acid groups (broad SMARTS) is 1. The number of carbonyl (C=O) groups is 2. The van der Waals surface area contributed by atoms with E-state index in [-0.39, 0.29) is 11.1 Å². The number of hydrogen-bond donors (Lipinski definition) is 2. The fourth-order valence-electron chi connectivity index (χ4n) is 1.87. The normalized spacial score (nSPS) is 10.7. The van der Waals surface area contributed by atoms with E-state index in [9.17, 15) is 9.59 Å². The van der Waals surface area contributed by atoms with Crippen molar-refractivity contribution in [1.82, 2.24) is 0 Å². The molecule has 0 fully saturated rings. The summed E-state index contributed by atoms with van der Waals surface area (Å²) in [6.07, 6.45) is 1.50. The minimum absolute atomic E-state index is 0.0313. The van der Waals surface area contributed by atoms with Gasteiger partial charge < -0.3 is 10.4 Å². The topological polar surface area (TPSA) is 90.2 Å². The highest BCUT2D eigenvalue weighted by molar-refractivity contribution is 6.09. The van der Waals surface area contributed by atoms with Crippen LogP contribution in [-0.4, -0.2) is 17.0 Å². The Balaban J connectivity index is 2.15. The quantitative estimate of drug-likeness (QED) is 0.670. The van der Waals surface area contributed by atoms with Crippen molar-refractivity contribution < 1.29 is 14.7 Å². The van der Waals surface area contributed by atoms with Gasteiger partial charge in [0.2, 0.25) is 0 Å². The largest absolute Gasteiger partial charge is 0.478 e. The summed E-state index contributed by atoms with van der Waals surface area (Å²) < 4.78 is 0. The summed E-state index contributed by atoms with van der Waals surface area (Å²) in [5.74, 6) is -1.59. The maximum absolute atomic E-state index is 12.1. The molecule has 1 amide bonds. The Morgan fingerprint density at radius 3 is 2.22 bits per heavy atom. The van der Waals surface area contributed by atoms with Crippen LogP contribution in [0.1, 0.15) is 21.5 Å². The minimum Gasteiger partial charge on any atom is -0.478 e. The molecule has 0 unspecified atom stereocenters. The fraction of sp³-hybridized carbons (Fsp3) is 0.0556. The number of aromatic carboxylic acids is 1. The van der Waals surface area contributed by atoms with E-state index in [1.165, 1.54) is 30.3 Å². The first kappa shape index (κ1) is 16.0. The highest BCUT2D eigenvalue weighted by Gasteiger charge is 2.10. The van der Waals surface area contributed by atoms with E-state index in [1.54, 1.807) is 0 Å². The molecule has 0 radical (unpaired) electrons. The third-order valence-electron chi connectivity index (χ3n) is 3.14. The Bertz CT molecular complexity index is 798. The lowest BCUT2D eigenvalue weighted by Crippen LogP contribution is -2.13. The summed E-state index contributed by atoms with van der Waals surface area (Å²) in [5, 5.41) is 20.5. The zero-order valence-electron chi connectivity index (χ0n) is 12.4. The zero-order chi connectivity index (χ0) is 16.8. The second-order valence-electron chi connectivity index (χ2n) is 4.92. The van der Waals surface area contributed by atoms with Crippen LogP contribution < -0.4 is 5.32 Å². The minimum atomic E-state index is -1.04. The Morgan fingerprint density at radius 1 is 1.09 bits per heavy atom. The molecular formula is C18H14N2O3. The molecule has 0 aliphatic carbocycles. The molecule has 0 saturated carbocycles. The summed E-state index contributed by atoms with van der Waals surface area (Å²) in [6, 6.07) is 15.0. The van der Waals surface area contributed by atoms with Gasteiger partial charge in [0.25, 0.3) is 5.91 Å². The van der Waals surface area contributed by atoms with Gasteiger partial charge in [-0.15, -0.1) is 0 Å². The predicted molar refractivity (Wildman–Crippen MR) is 86.8 cm³/mol. The number of amides is 1. The second kappa shape index (κ2) is 7.05. The molecule has 5 nitrogen and oxygen atoms in total. The average Bonchev–Trinajstić information content (AvgIpc) is 2.54. The molecule has 0 aliphatic heterocycles. The molecule has 0 aromatic heterocycles. The third kappa shape index (κ3) is 4.29. The van der Waals surface area contributed by atoms with E-state index in [4.69, 9.17) is 10.4 Å². The lowest BCUT2D eigenvalue weighted by atomic mass is 10.1. The van der Waals surface area contributed by atoms with Crippen LogP contribution in [0, 0.1) is 18.3 Å². The Kier molecular flexibility index (Phi) is 4.90. The third-order valence-corrected chi connectivity index (χ3v) is 3.14. The lowest BCUT2D eigenvalue weighted by Gasteiger charge is -2.05. The van der Waals surface area contributed by atoms with Crippen molar-refractivity contribution in [3.8, 4) is 6.07 Å². The summed E-state index contributed by atoms with van der Waals surface area (Å²) in [6.45, 7) is 1.95. The highest BCUT2D eigenvalue weighted by Crippen LogP contribution is 2.13. The van der Waals surface area contributed by atoms with Gasteiger partial charge in [0, 0.05) is 5.69 Å². The summed E-state index contributed by atoms with van der Waals surface area (Å²) in [7, 11) is 0. The average molecular weight is 306 g/mol. The molecular weight excluding hydrogens is 292 g/mol. The zero-order valence-corrected chi connectivity index (χ0v) is 12.4.